The number of nitrogens with two attached hydrogens (primary N) is 2. The highest BCUT2D eigenvalue weighted by Crippen LogP contribution is 2.20. The van der Waals surface area contributed by atoms with Crippen molar-refractivity contribution in [1.29, 1.82) is 0 Å². The van der Waals surface area contributed by atoms with Crippen LogP contribution in [0.4, 0.5) is 11.9 Å². The lowest BCUT2D eigenvalue weighted by molar-refractivity contribution is 0.0696. The van der Waals surface area contributed by atoms with E-state index in [0.29, 0.717) is 16.6 Å². The second kappa shape index (κ2) is 5.48. The molecule has 0 bridgehead atoms. The van der Waals surface area contributed by atoms with Gasteiger partial charge in [0.2, 0.25) is 11.9 Å². The van der Waals surface area contributed by atoms with Crippen molar-refractivity contribution in [1.82, 2.24) is 19.9 Å². The minimum absolute atomic E-state index is 0.0512. The lowest BCUT2D eigenvalue weighted by Crippen LogP contribution is -2.06. The zero-order chi connectivity index (χ0) is 13.8. The molecule has 0 aliphatic rings. The van der Waals surface area contributed by atoms with Crippen molar-refractivity contribution in [2.24, 2.45) is 0 Å². The summed E-state index contributed by atoms with van der Waals surface area (Å²) in [6.07, 6.45) is 1.43. The first-order valence-corrected chi connectivity index (χ1v) is 6.11. The summed E-state index contributed by atoms with van der Waals surface area (Å²) >= 11 is 1.28. The number of hydrogen-bond acceptors (Lipinski definition) is 8. The maximum atomic E-state index is 10.8. The van der Waals surface area contributed by atoms with Gasteiger partial charge in [0.05, 0.1) is 16.3 Å². The number of carbonyl (C=O) groups is 1. The molecule has 0 unspecified atom stereocenters. The van der Waals surface area contributed by atoms with Crippen molar-refractivity contribution in [2.45, 2.75) is 10.8 Å². The molecular weight excluding hydrogens is 268 g/mol. The molecule has 0 atom stereocenters. The number of pyridine rings is 1. The van der Waals surface area contributed by atoms with E-state index >= 15 is 0 Å². The van der Waals surface area contributed by atoms with E-state index in [2.05, 4.69) is 19.9 Å². The number of aromatic nitrogens is 4. The van der Waals surface area contributed by atoms with Gasteiger partial charge in [-0.15, -0.1) is 0 Å². The number of nitrogen functional groups attached to an aromatic ring is 2. The summed E-state index contributed by atoms with van der Waals surface area (Å²) in [5.74, 6) is -0.117. The van der Waals surface area contributed by atoms with Crippen LogP contribution in [-0.4, -0.2) is 31.0 Å². The molecule has 19 heavy (non-hydrogen) atoms. The maximum Gasteiger partial charge on any atom is 0.335 e. The zero-order valence-electron chi connectivity index (χ0n) is 9.65. The second-order valence-corrected chi connectivity index (χ2v) is 4.44. The van der Waals surface area contributed by atoms with Crippen LogP contribution in [0.5, 0.6) is 0 Å². The van der Waals surface area contributed by atoms with Crippen molar-refractivity contribution in [3.05, 3.63) is 29.7 Å². The number of thioether (sulfide) groups is 1. The third kappa shape index (κ3) is 3.52. The molecule has 9 heteroatoms. The number of aromatic carboxylic acids is 1. The SMILES string of the molecule is Nc1nc(N)nc(CSc2cc(C(=O)O)ccn2)n1. The minimum Gasteiger partial charge on any atom is -0.478 e. The zero-order valence-corrected chi connectivity index (χ0v) is 10.5. The average molecular weight is 278 g/mol. The molecule has 0 aliphatic heterocycles. The molecule has 2 heterocycles. The fourth-order valence-corrected chi connectivity index (χ4v) is 2.03. The Hall–Kier alpha value is -2.42. The molecule has 2 rings (SSSR count). The van der Waals surface area contributed by atoms with Crippen LogP contribution in [0, 0.1) is 0 Å². The first-order valence-electron chi connectivity index (χ1n) is 5.12. The Balaban J connectivity index is 2.10. The Morgan fingerprint density at radius 2 is 1.95 bits per heavy atom. The Morgan fingerprint density at radius 3 is 2.58 bits per heavy atom. The van der Waals surface area contributed by atoms with Gasteiger partial charge in [0.15, 0.2) is 0 Å². The van der Waals surface area contributed by atoms with Crippen molar-refractivity contribution in [3.63, 3.8) is 0 Å². The van der Waals surface area contributed by atoms with Crippen molar-refractivity contribution in [3.8, 4) is 0 Å². The number of anilines is 2. The summed E-state index contributed by atoms with van der Waals surface area (Å²) in [5, 5.41) is 9.42. The van der Waals surface area contributed by atoms with Crippen LogP contribution in [0.1, 0.15) is 16.2 Å². The van der Waals surface area contributed by atoms with E-state index in [1.165, 1.54) is 30.1 Å². The second-order valence-electron chi connectivity index (χ2n) is 3.44. The number of carboxylic acid groups (broad SMARTS) is 1. The lowest BCUT2D eigenvalue weighted by Gasteiger charge is -2.02. The first-order chi connectivity index (χ1) is 9.04. The normalized spacial score (nSPS) is 10.3. The van der Waals surface area contributed by atoms with E-state index in [0.717, 1.165) is 0 Å². The van der Waals surface area contributed by atoms with Crippen LogP contribution in [0.2, 0.25) is 0 Å². The fraction of sp³-hybridized carbons (Fsp3) is 0.100. The average Bonchev–Trinajstić information content (AvgIpc) is 2.35. The minimum atomic E-state index is -1.00. The smallest absolute Gasteiger partial charge is 0.335 e. The van der Waals surface area contributed by atoms with Gasteiger partial charge in [-0.05, 0) is 12.1 Å². The summed E-state index contributed by atoms with van der Waals surface area (Å²) in [5.41, 5.74) is 11.1. The number of nitrogens with zero attached hydrogens (tertiary/aromatic N) is 4. The Morgan fingerprint density at radius 1 is 1.26 bits per heavy atom. The summed E-state index contributed by atoms with van der Waals surface area (Å²) in [6, 6.07) is 2.90. The maximum absolute atomic E-state index is 10.8. The van der Waals surface area contributed by atoms with Crippen LogP contribution in [-0.2, 0) is 5.75 Å². The van der Waals surface area contributed by atoms with Gasteiger partial charge in [-0.25, -0.2) is 9.78 Å². The third-order valence-electron chi connectivity index (χ3n) is 2.05. The van der Waals surface area contributed by atoms with Gasteiger partial charge in [0.1, 0.15) is 5.82 Å². The predicted octanol–water partition coefficient (Wildman–Crippen LogP) is 0.421. The van der Waals surface area contributed by atoms with Gasteiger partial charge >= 0.3 is 5.97 Å². The number of rotatable bonds is 4. The summed E-state index contributed by atoms with van der Waals surface area (Å²) in [7, 11) is 0. The molecule has 98 valence electrons. The molecule has 0 saturated heterocycles. The molecule has 2 aromatic rings. The molecule has 8 nitrogen and oxygen atoms in total. The summed E-state index contributed by atoms with van der Waals surface area (Å²) < 4.78 is 0. The Labute approximate surface area is 112 Å². The predicted molar refractivity (Wildman–Crippen MR) is 69.4 cm³/mol. The quantitative estimate of drug-likeness (QED) is 0.678. The van der Waals surface area contributed by atoms with Crippen LogP contribution in [0.3, 0.4) is 0 Å². The Bertz CT molecular complexity index is 600. The highest BCUT2D eigenvalue weighted by Gasteiger charge is 2.07. The lowest BCUT2D eigenvalue weighted by atomic mass is 10.3. The van der Waals surface area contributed by atoms with Gasteiger partial charge < -0.3 is 16.6 Å². The molecule has 0 aromatic carbocycles. The summed E-state index contributed by atoms with van der Waals surface area (Å²) in [4.78, 5) is 26.4. The van der Waals surface area contributed by atoms with E-state index in [1.54, 1.807) is 0 Å². The van der Waals surface area contributed by atoms with Gasteiger partial charge in [-0.3, -0.25) is 0 Å². The summed E-state index contributed by atoms with van der Waals surface area (Å²) in [6.45, 7) is 0. The molecule has 0 aliphatic carbocycles. The first kappa shape index (κ1) is 13.0. The van der Waals surface area contributed by atoms with E-state index in [-0.39, 0.29) is 17.5 Å². The van der Waals surface area contributed by atoms with Crippen LogP contribution in [0.15, 0.2) is 23.4 Å². The van der Waals surface area contributed by atoms with Gasteiger partial charge in [0.25, 0.3) is 0 Å². The largest absolute Gasteiger partial charge is 0.478 e. The molecule has 0 amide bonds. The van der Waals surface area contributed by atoms with Gasteiger partial charge in [-0.2, -0.15) is 15.0 Å². The van der Waals surface area contributed by atoms with E-state index < -0.39 is 5.97 Å². The highest BCUT2D eigenvalue weighted by atomic mass is 32.2. The van der Waals surface area contributed by atoms with Crippen LogP contribution < -0.4 is 11.5 Å². The number of carboxylic acids is 1. The van der Waals surface area contributed by atoms with Gasteiger partial charge in [0, 0.05) is 6.20 Å². The highest BCUT2D eigenvalue weighted by molar-refractivity contribution is 7.98. The standard InChI is InChI=1S/C10H10N6O2S/c11-9-14-6(15-10(12)16-9)4-19-7-3-5(8(17)18)1-2-13-7/h1-3H,4H2,(H,17,18)(H4,11,12,14,15,16). The molecule has 2 aromatic heterocycles. The Kier molecular flexibility index (Phi) is 3.76. The third-order valence-corrected chi connectivity index (χ3v) is 2.97. The van der Waals surface area contributed by atoms with Crippen molar-refractivity contribution < 1.29 is 9.90 Å². The van der Waals surface area contributed by atoms with Crippen LogP contribution in [0.25, 0.3) is 0 Å². The van der Waals surface area contributed by atoms with Crippen molar-refractivity contribution in [2.75, 3.05) is 11.5 Å². The van der Waals surface area contributed by atoms with Gasteiger partial charge in [-0.1, -0.05) is 11.8 Å². The van der Waals surface area contributed by atoms with E-state index in [4.69, 9.17) is 16.6 Å². The molecule has 0 saturated carbocycles. The topological polar surface area (TPSA) is 141 Å². The van der Waals surface area contributed by atoms with Crippen LogP contribution >= 0.6 is 11.8 Å². The van der Waals surface area contributed by atoms with Crippen molar-refractivity contribution >= 4 is 29.6 Å². The fourth-order valence-electron chi connectivity index (χ4n) is 1.28. The monoisotopic (exact) mass is 278 g/mol. The number of hydrogen-bond donors (Lipinski definition) is 3. The van der Waals surface area contributed by atoms with E-state index in [9.17, 15) is 4.79 Å². The molecule has 5 N–H and O–H groups in total. The molecule has 0 spiro atoms. The molecular formula is C10H10N6O2S. The molecule has 0 radical (unpaired) electrons. The van der Waals surface area contributed by atoms with E-state index in [1.807, 2.05) is 0 Å². The molecule has 0 fully saturated rings.